The summed E-state index contributed by atoms with van der Waals surface area (Å²) in [5, 5.41) is 4.88. The lowest BCUT2D eigenvalue weighted by atomic mass is 10.1. The molecule has 1 aromatic carbocycles. The number of thiophene rings is 1. The van der Waals surface area contributed by atoms with Gasteiger partial charge in [-0.1, -0.05) is 17.7 Å². The Morgan fingerprint density at radius 2 is 2.06 bits per heavy atom. The number of hydrogen-bond donors (Lipinski definition) is 1. The second-order valence-corrected chi connectivity index (χ2v) is 4.83. The van der Waals surface area contributed by atoms with Gasteiger partial charge < -0.3 is 5.32 Å². The molecule has 0 aliphatic rings. The van der Waals surface area contributed by atoms with Crippen LogP contribution in [0.1, 0.15) is 20.8 Å². The molecule has 1 N–H and O–H groups in total. The first kappa shape index (κ1) is 10.9. The van der Waals surface area contributed by atoms with Gasteiger partial charge >= 0.3 is 0 Å². The predicted molar refractivity (Wildman–Crippen MR) is 68.2 cm³/mol. The van der Waals surface area contributed by atoms with Crippen LogP contribution < -0.4 is 5.32 Å². The SMILES string of the molecule is Cc1cccc(C(=O)Nc2ccsc2C)c1. The number of carbonyl (C=O) groups is 1. The van der Waals surface area contributed by atoms with Crippen LogP contribution in [-0.2, 0) is 0 Å². The van der Waals surface area contributed by atoms with Crippen LogP contribution >= 0.6 is 11.3 Å². The van der Waals surface area contributed by atoms with E-state index >= 15 is 0 Å². The molecule has 3 heteroatoms. The van der Waals surface area contributed by atoms with Crippen molar-refractivity contribution in [3.05, 3.63) is 51.7 Å². The van der Waals surface area contributed by atoms with Gasteiger partial charge in [0.25, 0.3) is 5.91 Å². The standard InChI is InChI=1S/C13H13NOS/c1-9-4-3-5-11(8-9)13(15)14-12-6-7-16-10(12)2/h3-8H,1-2H3,(H,14,15). The van der Waals surface area contributed by atoms with E-state index in [1.807, 2.05) is 49.6 Å². The van der Waals surface area contributed by atoms with Crippen molar-refractivity contribution in [1.29, 1.82) is 0 Å². The van der Waals surface area contributed by atoms with Crippen LogP contribution in [-0.4, -0.2) is 5.91 Å². The maximum Gasteiger partial charge on any atom is 0.255 e. The van der Waals surface area contributed by atoms with E-state index in [0.717, 1.165) is 16.1 Å². The molecule has 0 unspecified atom stereocenters. The molecule has 1 amide bonds. The molecule has 16 heavy (non-hydrogen) atoms. The summed E-state index contributed by atoms with van der Waals surface area (Å²) in [5.41, 5.74) is 2.69. The Hall–Kier alpha value is -1.61. The van der Waals surface area contributed by atoms with E-state index in [-0.39, 0.29) is 5.91 Å². The zero-order valence-electron chi connectivity index (χ0n) is 9.28. The molecule has 0 bridgehead atoms. The molecule has 0 saturated carbocycles. The van der Waals surface area contributed by atoms with Gasteiger partial charge in [-0.05, 0) is 37.4 Å². The van der Waals surface area contributed by atoms with Gasteiger partial charge in [0.15, 0.2) is 0 Å². The third-order valence-corrected chi connectivity index (χ3v) is 3.23. The van der Waals surface area contributed by atoms with Crippen molar-refractivity contribution < 1.29 is 4.79 Å². The first-order chi connectivity index (χ1) is 7.66. The van der Waals surface area contributed by atoms with Gasteiger partial charge in [0.2, 0.25) is 0 Å². The fraction of sp³-hybridized carbons (Fsp3) is 0.154. The highest BCUT2D eigenvalue weighted by molar-refractivity contribution is 7.10. The predicted octanol–water partition coefficient (Wildman–Crippen LogP) is 3.62. The quantitative estimate of drug-likeness (QED) is 0.840. The van der Waals surface area contributed by atoms with E-state index in [1.54, 1.807) is 11.3 Å². The largest absolute Gasteiger partial charge is 0.321 e. The van der Waals surface area contributed by atoms with Crippen molar-refractivity contribution >= 4 is 22.9 Å². The summed E-state index contributed by atoms with van der Waals surface area (Å²) in [6.45, 7) is 3.98. The van der Waals surface area contributed by atoms with Crippen LogP contribution in [0.5, 0.6) is 0 Å². The van der Waals surface area contributed by atoms with E-state index in [4.69, 9.17) is 0 Å². The van der Waals surface area contributed by atoms with Crippen LogP contribution in [0.15, 0.2) is 35.7 Å². The molecule has 0 atom stereocenters. The maximum atomic E-state index is 11.9. The van der Waals surface area contributed by atoms with Gasteiger partial charge in [0.1, 0.15) is 0 Å². The summed E-state index contributed by atoms with van der Waals surface area (Å²) in [5.74, 6) is -0.0507. The lowest BCUT2D eigenvalue weighted by Crippen LogP contribution is -2.11. The monoisotopic (exact) mass is 231 g/mol. The third kappa shape index (κ3) is 2.31. The maximum absolute atomic E-state index is 11.9. The Morgan fingerprint density at radius 3 is 2.69 bits per heavy atom. The van der Waals surface area contributed by atoms with Crippen molar-refractivity contribution in [2.45, 2.75) is 13.8 Å². The fourth-order valence-corrected chi connectivity index (χ4v) is 2.15. The molecular formula is C13H13NOS. The number of benzene rings is 1. The highest BCUT2D eigenvalue weighted by Crippen LogP contribution is 2.21. The summed E-state index contributed by atoms with van der Waals surface area (Å²) in [4.78, 5) is 13.0. The molecule has 0 spiro atoms. The molecular weight excluding hydrogens is 218 g/mol. The number of anilines is 1. The smallest absolute Gasteiger partial charge is 0.255 e. The van der Waals surface area contributed by atoms with Gasteiger partial charge in [0.05, 0.1) is 5.69 Å². The number of aryl methyl sites for hydroxylation is 2. The van der Waals surface area contributed by atoms with Gasteiger partial charge in [-0.2, -0.15) is 0 Å². The number of nitrogens with one attached hydrogen (secondary N) is 1. The van der Waals surface area contributed by atoms with Gasteiger partial charge in [-0.15, -0.1) is 11.3 Å². The topological polar surface area (TPSA) is 29.1 Å². The van der Waals surface area contributed by atoms with E-state index in [0.29, 0.717) is 5.56 Å². The third-order valence-electron chi connectivity index (χ3n) is 2.39. The minimum atomic E-state index is -0.0507. The Labute approximate surface area is 98.9 Å². The minimum absolute atomic E-state index is 0.0507. The molecule has 0 fully saturated rings. The minimum Gasteiger partial charge on any atom is -0.321 e. The average Bonchev–Trinajstić information content (AvgIpc) is 2.64. The van der Waals surface area contributed by atoms with Crippen molar-refractivity contribution in [3.8, 4) is 0 Å². The molecule has 2 aromatic rings. The highest BCUT2D eigenvalue weighted by atomic mass is 32.1. The number of amides is 1. The molecule has 82 valence electrons. The molecule has 0 radical (unpaired) electrons. The lowest BCUT2D eigenvalue weighted by molar-refractivity contribution is 0.102. The zero-order valence-corrected chi connectivity index (χ0v) is 10.1. The first-order valence-corrected chi connectivity index (χ1v) is 5.97. The van der Waals surface area contributed by atoms with E-state index < -0.39 is 0 Å². The number of rotatable bonds is 2. The molecule has 2 rings (SSSR count). The Bertz CT molecular complexity index is 516. The Kier molecular flexibility index (Phi) is 3.06. The zero-order chi connectivity index (χ0) is 11.5. The second kappa shape index (κ2) is 4.49. The first-order valence-electron chi connectivity index (χ1n) is 5.09. The summed E-state index contributed by atoms with van der Waals surface area (Å²) >= 11 is 1.63. The summed E-state index contributed by atoms with van der Waals surface area (Å²) in [6, 6.07) is 9.51. The molecule has 0 aliphatic carbocycles. The second-order valence-electron chi connectivity index (χ2n) is 3.71. The Balaban J connectivity index is 2.18. The van der Waals surface area contributed by atoms with Crippen LogP contribution in [0.3, 0.4) is 0 Å². The van der Waals surface area contributed by atoms with Crippen LogP contribution in [0.25, 0.3) is 0 Å². The summed E-state index contributed by atoms with van der Waals surface area (Å²) in [6.07, 6.45) is 0. The normalized spacial score (nSPS) is 10.1. The average molecular weight is 231 g/mol. The summed E-state index contributed by atoms with van der Waals surface area (Å²) < 4.78 is 0. The van der Waals surface area contributed by atoms with Crippen LogP contribution in [0.2, 0.25) is 0 Å². The molecule has 0 aliphatic heterocycles. The van der Waals surface area contributed by atoms with Crippen LogP contribution in [0.4, 0.5) is 5.69 Å². The Morgan fingerprint density at radius 1 is 1.25 bits per heavy atom. The highest BCUT2D eigenvalue weighted by Gasteiger charge is 2.07. The van der Waals surface area contributed by atoms with Crippen molar-refractivity contribution in [2.75, 3.05) is 5.32 Å². The molecule has 1 aromatic heterocycles. The molecule has 2 nitrogen and oxygen atoms in total. The van der Waals surface area contributed by atoms with Gasteiger partial charge in [-0.3, -0.25) is 4.79 Å². The fourth-order valence-electron chi connectivity index (χ4n) is 1.50. The van der Waals surface area contributed by atoms with Gasteiger partial charge in [-0.25, -0.2) is 0 Å². The number of hydrogen-bond acceptors (Lipinski definition) is 2. The van der Waals surface area contributed by atoms with Crippen molar-refractivity contribution in [1.82, 2.24) is 0 Å². The van der Waals surface area contributed by atoms with Crippen molar-refractivity contribution in [2.24, 2.45) is 0 Å². The summed E-state index contributed by atoms with van der Waals surface area (Å²) in [7, 11) is 0. The number of carbonyl (C=O) groups excluding carboxylic acids is 1. The van der Waals surface area contributed by atoms with E-state index in [1.165, 1.54) is 0 Å². The van der Waals surface area contributed by atoms with E-state index in [9.17, 15) is 4.79 Å². The van der Waals surface area contributed by atoms with E-state index in [2.05, 4.69) is 5.32 Å². The van der Waals surface area contributed by atoms with Crippen LogP contribution in [0, 0.1) is 13.8 Å². The van der Waals surface area contributed by atoms with Gasteiger partial charge in [0, 0.05) is 10.4 Å². The van der Waals surface area contributed by atoms with Crippen molar-refractivity contribution in [3.63, 3.8) is 0 Å². The lowest BCUT2D eigenvalue weighted by Gasteiger charge is -2.04. The molecule has 1 heterocycles. The molecule has 0 saturated heterocycles.